The van der Waals surface area contributed by atoms with Crippen LogP contribution in [0.4, 0.5) is 0 Å². The van der Waals surface area contributed by atoms with Crippen LogP contribution in [-0.2, 0) is 4.79 Å². The minimum absolute atomic E-state index is 0.218. The monoisotopic (exact) mass is 320 g/mol. The van der Waals surface area contributed by atoms with Crippen LogP contribution in [0.25, 0.3) is 0 Å². The molecule has 0 saturated carbocycles. The molecule has 1 aromatic rings. The molecule has 0 fully saturated rings. The number of hydrogen-bond donors (Lipinski definition) is 0. The van der Waals surface area contributed by atoms with Crippen molar-refractivity contribution < 1.29 is 9.90 Å². The molecule has 2 rings (SSSR count). The minimum atomic E-state index is -1.16. The maximum Gasteiger partial charge on any atom is 0.101 e. The lowest BCUT2D eigenvalue weighted by atomic mass is 9.90. The second kappa shape index (κ2) is 5.29. The van der Waals surface area contributed by atoms with Gasteiger partial charge in [-0.25, -0.2) is 0 Å². The highest BCUT2D eigenvalue weighted by Gasteiger charge is 2.29. The average Bonchev–Trinajstić information content (AvgIpc) is 2.40. The Hall–Kier alpha value is -1.42. The molecule has 100 valence electrons. The van der Waals surface area contributed by atoms with Crippen LogP contribution in [0.1, 0.15) is 30.5 Å². The summed E-state index contributed by atoms with van der Waals surface area (Å²) >= 11 is 3.51. The van der Waals surface area contributed by atoms with Gasteiger partial charge in [-0.2, -0.15) is 0 Å². The molecule has 0 aliphatic carbocycles. The third-order valence-electron chi connectivity index (χ3n) is 3.39. The van der Waals surface area contributed by atoms with Gasteiger partial charge < -0.3 is 9.90 Å². The number of allylic oxidation sites excluding steroid dienone is 1. The lowest BCUT2D eigenvalue weighted by molar-refractivity contribution is -0.299. The van der Waals surface area contributed by atoms with E-state index in [9.17, 15) is 9.90 Å². The summed E-state index contributed by atoms with van der Waals surface area (Å²) in [5.74, 6) is -1.16. The lowest BCUT2D eigenvalue weighted by Gasteiger charge is -2.29. The van der Waals surface area contributed by atoms with E-state index in [4.69, 9.17) is 0 Å². The van der Waals surface area contributed by atoms with E-state index in [1.54, 1.807) is 12.3 Å². The molecule has 0 aromatic heterocycles. The number of hydrogen-bond acceptors (Lipinski definition) is 3. The molecule has 19 heavy (non-hydrogen) atoms. The first-order chi connectivity index (χ1) is 8.97. The second-order valence-electron chi connectivity index (χ2n) is 4.70. The smallest absolute Gasteiger partial charge is 0.101 e. The number of aliphatic imine (C=N–C) groups is 1. The number of aliphatic carboxylic acids is 1. The number of carbonyl (C=O) groups is 1. The van der Waals surface area contributed by atoms with Gasteiger partial charge in [0.2, 0.25) is 0 Å². The number of carbonyl (C=O) groups excluding carboxylic acids is 1. The van der Waals surface area contributed by atoms with Gasteiger partial charge in [0.15, 0.2) is 0 Å². The fourth-order valence-corrected chi connectivity index (χ4v) is 2.52. The predicted octanol–water partition coefficient (Wildman–Crippen LogP) is 2.34. The minimum Gasteiger partial charge on any atom is -0.545 e. The molecule has 1 aliphatic rings. The molecule has 0 bridgehead atoms. The zero-order valence-corrected chi connectivity index (χ0v) is 12.5. The maximum absolute atomic E-state index is 11.4. The van der Waals surface area contributed by atoms with Gasteiger partial charge in [0.05, 0.1) is 10.3 Å². The number of aryl methyl sites for hydroxylation is 1. The van der Waals surface area contributed by atoms with Crippen molar-refractivity contribution in [1.82, 2.24) is 0 Å². The maximum atomic E-state index is 11.4. The van der Waals surface area contributed by atoms with Gasteiger partial charge in [-0.05, 0) is 24.5 Å². The molecule has 1 aliphatic heterocycles. The van der Waals surface area contributed by atoms with Crippen molar-refractivity contribution in [1.29, 1.82) is 0 Å². The first-order valence-electron chi connectivity index (χ1n) is 6.20. The van der Waals surface area contributed by atoms with Crippen LogP contribution in [0, 0.1) is 6.92 Å². The Kier molecular flexibility index (Phi) is 3.90. The van der Waals surface area contributed by atoms with Crippen molar-refractivity contribution in [2.45, 2.75) is 30.6 Å². The summed E-state index contributed by atoms with van der Waals surface area (Å²) in [4.78, 5) is 15.8. The zero-order chi connectivity index (χ0) is 14.0. The normalized spacial score (nSPS) is 26.1. The predicted molar refractivity (Wildman–Crippen MR) is 77.5 cm³/mol. The van der Waals surface area contributed by atoms with Crippen molar-refractivity contribution in [3.63, 3.8) is 0 Å². The van der Waals surface area contributed by atoms with Crippen molar-refractivity contribution in [3.8, 4) is 0 Å². The molecule has 1 heterocycles. The summed E-state index contributed by atoms with van der Waals surface area (Å²) in [5.41, 5.74) is 2.14. The SMILES string of the molecule is CCC1(Br)C=NC(c2ccccc2C)C(C(=O)[O-])=C1. The highest BCUT2D eigenvalue weighted by Crippen LogP contribution is 2.36. The lowest BCUT2D eigenvalue weighted by Crippen LogP contribution is -2.33. The number of benzene rings is 1. The molecule has 4 heteroatoms. The topological polar surface area (TPSA) is 52.5 Å². The van der Waals surface area contributed by atoms with E-state index in [0.29, 0.717) is 0 Å². The van der Waals surface area contributed by atoms with Crippen LogP contribution in [0.3, 0.4) is 0 Å². The van der Waals surface area contributed by atoms with Crippen LogP contribution in [0.15, 0.2) is 40.9 Å². The van der Waals surface area contributed by atoms with E-state index in [0.717, 1.165) is 17.5 Å². The van der Waals surface area contributed by atoms with E-state index >= 15 is 0 Å². The summed E-state index contributed by atoms with van der Waals surface area (Å²) in [6, 6.07) is 7.19. The van der Waals surface area contributed by atoms with Gasteiger partial charge in [0.25, 0.3) is 0 Å². The Morgan fingerprint density at radius 2 is 2.16 bits per heavy atom. The fourth-order valence-electron chi connectivity index (χ4n) is 2.16. The first kappa shape index (κ1) is 14.0. The van der Waals surface area contributed by atoms with Crippen LogP contribution >= 0.6 is 15.9 Å². The highest BCUT2D eigenvalue weighted by molar-refractivity contribution is 9.10. The Bertz CT molecular complexity index is 565. The van der Waals surface area contributed by atoms with E-state index in [-0.39, 0.29) is 5.57 Å². The fraction of sp³-hybridized carbons (Fsp3) is 0.333. The van der Waals surface area contributed by atoms with Crippen LogP contribution in [-0.4, -0.2) is 16.5 Å². The van der Waals surface area contributed by atoms with Gasteiger partial charge in [-0.3, -0.25) is 4.99 Å². The van der Waals surface area contributed by atoms with Gasteiger partial charge in [-0.15, -0.1) is 0 Å². The summed E-state index contributed by atoms with van der Waals surface area (Å²) in [6.07, 6.45) is 4.21. The van der Waals surface area contributed by atoms with E-state index in [1.807, 2.05) is 38.1 Å². The third-order valence-corrected chi connectivity index (χ3v) is 4.38. The van der Waals surface area contributed by atoms with Gasteiger partial charge >= 0.3 is 0 Å². The molecule has 1 aromatic carbocycles. The Labute approximate surface area is 121 Å². The van der Waals surface area contributed by atoms with Gasteiger partial charge in [0.1, 0.15) is 6.04 Å². The molecule has 0 N–H and O–H groups in total. The molecular formula is C15H15BrNO2-. The Balaban J connectivity index is 2.48. The second-order valence-corrected chi connectivity index (χ2v) is 6.18. The number of alkyl halides is 1. The van der Waals surface area contributed by atoms with Crippen molar-refractivity contribution >= 4 is 28.1 Å². The molecule has 0 amide bonds. The summed E-state index contributed by atoms with van der Waals surface area (Å²) in [5, 5.41) is 11.4. The van der Waals surface area contributed by atoms with E-state index < -0.39 is 16.3 Å². The van der Waals surface area contributed by atoms with Crippen molar-refractivity contribution in [3.05, 3.63) is 47.0 Å². The number of rotatable bonds is 3. The van der Waals surface area contributed by atoms with Crippen LogP contribution in [0.2, 0.25) is 0 Å². The van der Waals surface area contributed by atoms with Crippen LogP contribution in [0.5, 0.6) is 0 Å². The summed E-state index contributed by atoms with van der Waals surface area (Å²) in [6.45, 7) is 3.92. The molecule has 0 radical (unpaired) electrons. The number of carboxylic acids is 1. The number of nitrogens with zero attached hydrogens (tertiary/aromatic N) is 1. The number of carboxylic acid groups (broad SMARTS) is 1. The molecule has 0 spiro atoms. The van der Waals surface area contributed by atoms with Gasteiger partial charge in [-0.1, -0.05) is 53.2 Å². The quantitative estimate of drug-likeness (QED) is 0.803. The van der Waals surface area contributed by atoms with E-state index in [1.165, 1.54) is 0 Å². The van der Waals surface area contributed by atoms with E-state index in [2.05, 4.69) is 20.9 Å². The molecule has 0 saturated heterocycles. The summed E-state index contributed by atoms with van der Waals surface area (Å²) < 4.78 is -0.485. The van der Waals surface area contributed by atoms with Crippen molar-refractivity contribution in [2.75, 3.05) is 0 Å². The van der Waals surface area contributed by atoms with Crippen molar-refractivity contribution in [2.24, 2.45) is 4.99 Å². The molecule has 2 unspecified atom stereocenters. The first-order valence-corrected chi connectivity index (χ1v) is 6.99. The number of halogens is 1. The zero-order valence-electron chi connectivity index (χ0n) is 10.9. The molecule has 2 atom stereocenters. The standard InChI is InChI=1S/C15H16BrNO2/c1-3-15(16)8-12(14(18)19)13(17-9-15)11-7-5-4-6-10(11)2/h4-9,13H,3H2,1-2H3,(H,18,19)/p-1. The van der Waals surface area contributed by atoms with Crippen LogP contribution < -0.4 is 5.11 Å². The molecule has 3 nitrogen and oxygen atoms in total. The number of dihydropyridines is 1. The summed E-state index contributed by atoms with van der Waals surface area (Å²) in [7, 11) is 0. The van der Waals surface area contributed by atoms with Gasteiger partial charge in [0, 0.05) is 11.8 Å². The molecular weight excluding hydrogens is 306 g/mol. The average molecular weight is 321 g/mol. The third kappa shape index (κ3) is 2.78. The Morgan fingerprint density at radius 3 is 2.74 bits per heavy atom. The Morgan fingerprint density at radius 1 is 1.47 bits per heavy atom. The highest BCUT2D eigenvalue weighted by atomic mass is 79.9. The largest absolute Gasteiger partial charge is 0.545 e.